The number of anilines is 1. The van der Waals surface area contributed by atoms with Crippen LogP contribution in [0.1, 0.15) is 37.9 Å². The molecule has 0 amide bonds. The molecule has 2 aromatic rings. The second-order valence-corrected chi connectivity index (χ2v) is 6.54. The van der Waals surface area contributed by atoms with Crippen LogP contribution in [0.2, 0.25) is 0 Å². The summed E-state index contributed by atoms with van der Waals surface area (Å²) in [5.41, 5.74) is 5.59. The summed E-state index contributed by atoms with van der Waals surface area (Å²) in [5.74, 6) is 1.61. The summed E-state index contributed by atoms with van der Waals surface area (Å²) in [6.07, 6.45) is 6.38. The lowest BCUT2D eigenvalue weighted by atomic mass is 10.0. The molecule has 1 aliphatic rings. The van der Waals surface area contributed by atoms with Gasteiger partial charge in [-0.1, -0.05) is 0 Å². The maximum Gasteiger partial charge on any atom is 0.137 e. The summed E-state index contributed by atoms with van der Waals surface area (Å²) in [5, 5.41) is 0. The van der Waals surface area contributed by atoms with Gasteiger partial charge in [-0.25, -0.2) is 0 Å². The third-order valence-corrected chi connectivity index (χ3v) is 4.81. The third-order valence-electron chi connectivity index (χ3n) is 4.81. The summed E-state index contributed by atoms with van der Waals surface area (Å²) in [7, 11) is 0. The Hall–Kier alpha value is -2.10. The highest BCUT2D eigenvalue weighted by atomic mass is 16.5. The highest BCUT2D eigenvalue weighted by Crippen LogP contribution is 2.34. The summed E-state index contributed by atoms with van der Waals surface area (Å²) < 4.78 is 5.80. The number of ether oxygens (including phenoxy) is 1. The van der Waals surface area contributed by atoms with Gasteiger partial charge in [0.15, 0.2) is 0 Å². The number of pyridine rings is 2. The van der Waals surface area contributed by atoms with Crippen LogP contribution in [0.15, 0.2) is 24.5 Å². The van der Waals surface area contributed by atoms with E-state index in [1.54, 1.807) is 0 Å². The molecule has 0 bridgehead atoms. The van der Waals surface area contributed by atoms with Crippen molar-refractivity contribution in [3.8, 4) is 17.0 Å². The monoisotopic (exact) mass is 325 g/mol. The predicted molar refractivity (Wildman–Crippen MR) is 98.7 cm³/mol. The first-order chi connectivity index (χ1) is 11.6. The number of hydrogen-bond donors (Lipinski definition) is 0. The Morgan fingerprint density at radius 3 is 2.42 bits per heavy atom. The van der Waals surface area contributed by atoms with Crippen molar-refractivity contribution < 1.29 is 4.74 Å². The molecular formula is C20H27N3O. The fourth-order valence-electron chi connectivity index (χ4n) is 2.95. The zero-order chi connectivity index (χ0) is 17.1. The molecule has 2 heterocycles. The zero-order valence-corrected chi connectivity index (χ0v) is 15.2. The summed E-state index contributed by atoms with van der Waals surface area (Å²) in [6, 6.07) is 4.06. The average Bonchev–Trinajstić information content (AvgIpc) is 3.43. The van der Waals surface area contributed by atoms with Crippen molar-refractivity contribution in [2.75, 3.05) is 24.6 Å². The highest BCUT2D eigenvalue weighted by molar-refractivity contribution is 5.79. The maximum absolute atomic E-state index is 5.80. The van der Waals surface area contributed by atoms with Gasteiger partial charge >= 0.3 is 0 Å². The minimum absolute atomic E-state index is 0.753. The van der Waals surface area contributed by atoms with Crippen molar-refractivity contribution in [1.29, 1.82) is 0 Å². The van der Waals surface area contributed by atoms with Gasteiger partial charge in [0.05, 0.1) is 24.2 Å². The van der Waals surface area contributed by atoms with Crippen molar-refractivity contribution in [3.63, 3.8) is 0 Å². The second kappa shape index (κ2) is 7.20. The lowest BCUT2D eigenvalue weighted by molar-refractivity contribution is 0.298. The number of rotatable bonds is 7. The third kappa shape index (κ3) is 3.53. The van der Waals surface area contributed by atoms with Crippen LogP contribution < -0.4 is 9.64 Å². The van der Waals surface area contributed by atoms with E-state index in [0.29, 0.717) is 0 Å². The first-order valence-corrected chi connectivity index (χ1v) is 8.94. The van der Waals surface area contributed by atoms with E-state index in [1.807, 2.05) is 24.5 Å². The maximum atomic E-state index is 5.80. The molecule has 0 N–H and O–H groups in total. The van der Waals surface area contributed by atoms with Gasteiger partial charge in [0.25, 0.3) is 0 Å². The van der Waals surface area contributed by atoms with E-state index >= 15 is 0 Å². The van der Waals surface area contributed by atoms with E-state index < -0.39 is 0 Å². The average molecular weight is 325 g/mol. The van der Waals surface area contributed by atoms with Crippen molar-refractivity contribution in [2.24, 2.45) is 5.92 Å². The molecule has 0 atom stereocenters. The Labute approximate surface area is 144 Å². The van der Waals surface area contributed by atoms with Crippen LogP contribution in [0.5, 0.6) is 5.75 Å². The van der Waals surface area contributed by atoms with E-state index in [1.165, 1.54) is 24.1 Å². The largest absolute Gasteiger partial charge is 0.492 e. The van der Waals surface area contributed by atoms with Crippen LogP contribution >= 0.6 is 0 Å². The van der Waals surface area contributed by atoms with Crippen LogP contribution in [0, 0.1) is 19.8 Å². The van der Waals surface area contributed by atoms with Crippen LogP contribution in [0.4, 0.5) is 5.69 Å². The number of aromatic nitrogens is 2. The lowest BCUT2D eigenvalue weighted by Crippen LogP contribution is -2.24. The van der Waals surface area contributed by atoms with Crippen LogP contribution in [-0.4, -0.2) is 29.7 Å². The Morgan fingerprint density at radius 1 is 1.08 bits per heavy atom. The van der Waals surface area contributed by atoms with Crippen LogP contribution in [0.3, 0.4) is 0 Å². The van der Waals surface area contributed by atoms with Gasteiger partial charge in [-0.2, -0.15) is 0 Å². The topological polar surface area (TPSA) is 38.2 Å². The molecule has 1 saturated carbocycles. The van der Waals surface area contributed by atoms with Crippen molar-refractivity contribution in [3.05, 3.63) is 35.8 Å². The van der Waals surface area contributed by atoms with Gasteiger partial charge in [-0.15, -0.1) is 0 Å². The highest BCUT2D eigenvalue weighted by Gasteiger charge is 2.22. The zero-order valence-electron chi connectivity index (χ0n) is 15.2. The summed E-state index contributed by atoms with van der Waals surface area (Å²) >= 11 is 0. The second-order valence-electron chi connectivity index (χ2n) is 6.54. The Morgan fingerprint density at radius 2 is 1.83 bits per heavy atom. The molecule has 4 nitrogen and oxygen atoms in total. The van der Waals surface area contributed by atoms with Crippen LogP contribution in [0.25, 0.3) is 11.3 Å². The van der Waals surface area contributed by atoms with E-state index in [9.17, 15) is 0 Å². The minimum Gasteiger partial charge on any atom is -0.492 e. The van der Waals surface area contributed by atoms with Gasteiger partial charge in [0, 0.05) is 30.5 Å². The molecule has 0 aliphatic heterocycles. The van der Waals surface area contributed by atoms with Gasteiger partial charge in [0.2, 0.25) is 0 Å². The first kappa shape index (κ1) is 16.7. The molecule has 24 heavy (non-hydrogen) atoms. The van der Waals surface area contributed by atoms with E-state index in [-0.39, 0.29) is 0 Å². The fourth-order valence-corrected chi connectivity index (χ4v) is 2.95. The summed E-state index contributed by atoms with van der Waals surface area (Å²) in [4.78, 5) is 11.6. The number of aryl methyl sites for hydroxylation is 1. The SMILES string of the molecule is CCN(CC)c1c(-c2ccc(OCC3CC3)cn2)cnc(C)c1C. The quantitative estimate of drug-likeness (QED) is 0.756. The number of hydrogen-bond acceptors (Lipinski definition) is 4. The summed E-state index contributed by atoms with van der Waals surface area (Å²) in [6.45, 7) is 11.3. The van der Waals surface area contributed by atoms with E-state index in [0.717, 1.165) is 48.3 Å². The predicted octanol–water partition coefficient (Wildman–Crippen LogP) is 4.40. The van der Waals surface area contributed by atoms with Gasteiger partial charge < -0.3 is 9.64 Å². The standard InChI is InChI=1S/C20H27N3O/c1-5-23(6-2)20-14(3)15(4)21-12-18(20)19-10-9-17(11-22-19)24-13-16-7-8-16/h9-12,16H,5-8,13H2,1-4H3. The minimum atomic E-state index is 0.753. The molecule has 4 heteroatoms. The number of nitrogens with zero attached hydrogens (tertiary/aromatic N) is 3. The molecule has 3 rings (SSSR count). The molecule has 2 aromatic heterocycles. The Bertz CT molecular complexity index is 689. The molecule has 0 aromatic carbocycles. The molecule has 128 valence electrons. The Kier molecular flexibility index (Phi) is 5.03. The molecule has 0 saturated heterocycles. The molecule has 0 unspecified atom stereocenters. The molecule has 0 spiro atoms. The first-order valence-electron chi connectivity index (χ1n) is 8.94. The Balaban J connectivity index is 1.91. The normalized spacial score (nSPS) is 13.8. The smallest absolute Gasteiger partial charge is 0.137 e. The molecule has 1 aliphatic carbocycles. The van der Waals surface area contributed by atoms with Crippen molar-refractivity contribution in [2.45, 2.75) is 40.5 Å². The van der Waals surface area contributed by atoms with Crippen molar-refractivity contribution in [1.82, 2.24) is 9.97 Å². The van der Waals surface area contributed by atoms with Gasteiger partial charge in [0.1, 0.15) is 5.75 Å². The molecular weight excluding hydrogens is 298 g/mol. The molecule has 1 fully saturated rings. The van der Waals surface area contributed by atoms with Crippen molar-refractivity contribution >= 4 is 5.69 Å². The lowest BCUT2D eigenvalue weighted by Gasteiger charge is -2.26. The van der Waals surface area contributed by atoms with Crippen LogP contribution in [-0.2, 0) is 0 Å². The van der Waals surface area contributed by atoms with Gasteiger partial charge in [-0.05, 0) is 64.2 Å². The van der Waals surface area contributed by atoms with Gasteiger partial charge in [-0.3, -0.25) is 9.97 Å². The van der Waals surface area contributed by atoms with E-state index in [2.05, 4.69) is 42.6 Å². The molecule has 0 radical (unpaired) electrons. The fraction of sp³-hybridized carbons (Fsp3) is 0.500. The van der Waals surface area contributed by atoms with E-state index in [4.69, 9.17) is 4.74 Å².